The summed E-state index contributed by atoms with van der Waals surface area (Å²) in [7, 11) is 0. The molecule has 1 aromatic carbocycles. The molecule has 0 aliphatic rings. The van der Waals surface area contributed by atoms with Crippen molar-refractivity contribution >= 4 is 11.0 Å². The maximum atomic E-state index is 5.94. The van der Waals surface area contributed by atoms with Gasteiger partial charge in [-0.1, -0.05) is 32.0 Å². The van der Waals surface area contributed by atoms with E-state index in [2.05, 4.69) is 40.8 Å². The number of imidazole rings is 1. The summed E-state index contributed by atoms with van der Waals surface area (Å²) in [6, 6.07) is 8.28. The number of hydrogen-bond donors (Lipinski definition) is 1. The summed E-state index contributed by atoms with van der Waals surface area (Å²) in [6.07, 6.45) is 6.63. The van der Waals surface area contributed by atoms with E-state index in [1.807, 2.05) is 30.9 Å². The van der Waals surface area contributed by atoms with Crippen molar-refractivity contribution in [1.82, 2.24) is 14.9 Å². The number of rotatable bonds is 7. The predicted octanol–water partition coefficient (Wildman–Crippen LogP) is 3.62. The lowest BCUT2D eigenvalue weighted by molar-refractivity contribution is 0.443. The number of nitrogens with one attached hydrogen (secondary N) is 1. The molecule has 3 rings (SSSR count). The Hall–Kier alpha value is -2.07. The Labute approximate surface area is 131 Å². The summed E-state index contributed by atoms with van der Waals surface area (Å²) in [5.74, 6) is 1.65. The van der Waals surface area contributed by atoms with Crippen molar-refractivity contribution in [2.45, 2.75) is 33.4 Å². The SMILES string of the molecule is CCc1oc2ccccc2c1CNCC(C)Cn1ccnc1. The molecule has 1 atom stereocenters. The van der Waals surface area contributed by atoms with Crippen LogP contribution in [0.1, 0.15) is 25.2 Å². The van der Waals surface area contributed by atoms with E-state index in [1.54, 1.807) is 0 Å². The third-order valence-electron chi connectivity index (χ3n) is 3.98. The van der Waals surface area contributed by atoms with E-state index >= 15 is 0 Å². The van der Waals surface area contributed by atoms with Crippen LogP contribution in [0.2, 0.25) is 0 Å². The van der Waals surface area contributed by atoms with Gasteiger partial charge < -0.3 is 14.3 Å². The lowest BCUT2D eigenvalue weighted by Crippen LogP contribution is -2.23. The van der Waals surface area contributed by atoms with Crippen molar-refractivity contribution in [2.24, 2.45) is 5.92 Å². The van der Waals surface area contributed by atoms with E-state index in [0.717, 1.165) is 37.4 Å². The highest BCUT2D eigenvalue weighted by Crippen LogP contribution is 2.26. The Kier molecular flexibility index (Phi) is 4.59. The Morgan fingerprint density at radius 1 is 1.32 bits per heavy atom. The first kappa shape index (κ1) is 14.9. The molecule has 0 amide bonds. The monoisotopic (exact) mass is 297 g/mol. The smallest absolute Gasteiger partial charge is 0.134 e. The number of nitrogens with zero attached hydrogens (tertiary/aromatic N) is 2. The number of furan rings is 1. The molecule has 2 heterocycles. The van der Waals surface area contributed by atoms with E-state index in [1.165, 1.54) is 10.9 Å². The quantitative estimate of drug-likeness (QED) is 0.724. The van der Waals surface area contributed by atoms with Crippen LogP contribution < -0.4 is 5.32 Å². The van der Waals surface area contributed by atoms with Gasteiger partial charge in [0, 0.05) is 42.9 Å². The lowest BCUT2D eigenvalue weighted by atomic mass is 10.1. The second kappa shape index (κ2) is 6.79. The molecule has 1 unspecified atom stereocenters. The van der Waals surface area contributed by atoms with Gasteiger partial charge in [-0.25, -0.2) is 4.98 Å². The second-order valence-electron chi connectivity index (χ2n) is 5.85. The van der Waals surface area contributed by atoms with Crippen LogP contribution in [0.5, 0.6) is 0 Å². The molecular formula is C18H23N3O. The van der Waals surface area contributed by atoms with Crippen LogP contribution in [0, 0.1) is 5.92 Å². The normalized spacial score (nSPS) is 12.8. The van der Waals surface area contributed by atoms with Gasteiger partial charge in [-0.3, -0.25) is 0 Å². The number of aryl methyl sites for hydroxylation is 1. The minimum Gasteiger partial charge on any atom is -0.461 e. The topological polar surface area (TPSA) is 43.0 Å². The third-order valence-corrected chi connectivity index (χ3v) is 3.98. The first-order valence-corrected chi connectivity index (χ1v) is 7.93. The first-order chi connectivity index (χ1) is 10.8. The lowest BCUT2D eigenvalue weighted by Gasteiger charge is -2.13. The highest BCUT2D eigenvalue weighted by Gasteiger charge is 2.12. The van der Waals surface area contributed by atoms with Gasteiger partial charge in [-0.2, -0.15) is 0 Å². The maximum Gasteiger partial charge on any atom is 0.134 e. The molecule has 2 aromatic heterocycles. The van der Waals surface area contributed by atoms with E-state index in [9.17, 15) is 0 Å². The molecule has 3 aromatic rings. The molecule has 0 aliphatic heterocycles. The standard InChI is InChI=1S/C18H23N3O/c1-3-17-16(15-6-4-5-7-18(15)22-17)11-20-10-14(2)12-21-9-8-19-13-21/h4-9,13-14,20H,3,10-12H2,1-2H3. The summed E-state index contributed by atoms with van der Waals surface area (Å²) < 4.78 is 8.06. The summed E-state index contributed by atoms with van der Waals surface area (Å²) >= 11 is 0. The summed E-state index contributed by atoms with van der Waals surface area (Å²) in [6.45, 7) is 7.21. The predicted molar refractivity (Wildman–Crippen MR) is 88.7 cm³/mol. The van der Waals surface area contributed by atoms with Crippen molar-refractivity contribution < 1.29 is 4.42 Å². The van der Waals surface area contributed by atoms with Gasteiger partial charge in [0.15, 0.2) is 0 Å². The van der Waals surface area contributed by atoms with Gasteiger partial charge in [-0.15, -0.1) is 0 Å². The van der Waals surface area contributed by atoms with Gasteiger partial charge >= 0.3 is 0 Å². The zero-order valence-corrected chi connectivity index (χ0v) is 13.2. The highest BCUT2D eigenvalue weighted by atomic mass is 16.3. The Bertz CT molecular complexity index is 715. The molecule has 0 aliphatic carbocycles. The summed E-state index contributed by atoms with van der Waals surface area (Å²) in [4.78, 5) is 4.08. The molecule has 0 saturated carbocycles. The highest BCUT2D eigenvalue weighted by molar-refractivity contribution is 5.82. The molecule has 4 nitrogen and oxygen atoms in total. The summed E-state index contributed by atoms with van der Waals surface area (Å²) in [5, 5.41) is 4.80. The minimum atomic E-state index is 0.553. The number of benzene rings is 1. The Morgan fingerprint density at radius 2 is 2.18 bits per heavy atom. The molecular weight excluding hydrogens is 274 g/mol. The van der Waals surface area contributed by atoms with Gasteiger partial charge in [0.1, 0.15) is 11.3 Å². The van der Waals surface area contributed by atoms with Crippen molar-refractivity contribution in [3.8, 4) is 0 Å². The zero-order chi connectivity index (χ0) is 15.4. The number of aromatic nitrogens is 2. The molecule has 1 N–H and O–H groups in total. The van der Waals surface area contributed by atoms with Gasteiger partial charge in [-0.05, 0) is 18.5 Å². The molecule has 0 radical (unpaired) electrons. The first-order valence-electron chi connectivity index (χ1n) is 7.93. The molecule has 0 spiro atoms. The molecule has 0 bridgehead atoms. The number of para-hydroxylation sites is 1. The average molecular weight is 297 g/mol. The van der Waals surface area contributed by atoms with E-state index in [-0.39, 0.29) is 0 Å². The Balaban J connectivity index is 1.61. The fourth-order valence-corrected chi connectivity index (χ4v) is 2.89. The van der Waals surface area contributed by atoms with E-state index in [4.69, 9.17) is 4.42 Å². The van der Waals surface area contributed by atoms with E-state index in [0.29, 0.717) is 5.92 Å². The van der Waals surface area contributed by atoms with Crippen LogP contribution in [0.3, 0.4) is 0 Å². The van der Waals surface area contributed by atoms with Crippen LogP contribution in [-0.4, -0.2) is 16.1 Å². The number of fused-ring (bicyclic) bond motifs is 1. The van der Waals surface area contributed by atoms with Crippen molar-refractivity contribution in [1.29, 1.82) is 0 Å². The maximum absolute atomic E-state index is 5.94. The van der Waals surface area contributed by atoms with Crippen LogP contribution in [0.15, 0.2) is 47.4 Å². The minimum absolute atomic E-state index is 0.553. The summed E-state index contributed by atoms with van der Waals surface area (Å²) in [5.41, 5.74) is 2.29. The fourth-order valence-electron chi connectivity index (χ4n) is 2.89. The molecule has 4 heteroatoms. The van der Waals surface area contributed by atoms with Crippen molar-refractivity contribution in [2.75, 3.05) is 6.54 Å². The molecule has 0 saturated heterocycles. The molecule has 22 heavy (non-hydrogen) atoms. The molecule has 0 fully saturated rings. The van der Waals surface area contributed by atoms with Crippen LogP contribution in [-0.2, 0) is 19.5 Å². The van der Waals surface area contributed by atoms with Gasteiger partial charge in [0.2, 0.25) is 0 Å². The van der Waals surface area contributed by atoms with Crippen molar-refractivity contribution in [3.63, 3.8) is 0 Å². The van der Waals surface area contributed by atoms with Gasteiger partial charge in [0.25, 0.3) is 0 Å². The van der Waals surface area contributed by atoms with Crippen LogP contribution in [0.25, 0.3) is 11.0 Å². The third kappa shape index (κ3) is 3.22. The van der Waals surface area contributed by atoms with Gasteiger partial charge in [0.05, 0.1) is 6.33 Å². The van der Waals surface area contributed by atoms with Crippen LogP contribution >= 0.6 is 0 Å². The second-order valence-corrected chi connectivity index (χ2v) is 5.85. The largest absolute Gasteiger partial charge is 0.461 e. The Morgan fingerprint density at radius 3 is 2.95 bits per heavy atom. The molecule has 116 valence electrons. The van der Waals surface area contributed by atoms with E-state index < -0.39 is 0 Å². The fraction of sp³-hybridized carbons (Fsp3) is 0.389. The van der Waals surface area contributed by atoms with Crippen molar-refractivity contribution in [3.05, 3.63) is 54.3 Å². The van der Waals surface area contributed by atoms with Crippen LogP contribution in [0.4, 0.5) is 0 Å². The average Bonchev–Trinajstić information content (AvgIpc) is 3.15. The number of hydrogen-bond acceptors (Lipinski definition) is 3. The zero-order valence-electron chi connectivity index (χ0n) is 13.2.